The van der Waals surface area contributed by atoms with Gasteiger partial charge < -0.3 is 9.88 Å². The molecule has 2 aromatic rings. The van der Waals surface area contributed by atoms with Crippen molar-refractivity contribution >= 4 is 15.9 Å². The van der Waals surface area contributed by atoms with Crippen molar-refractivity contribution in [2.75, 3.05) is 13.1 Å². The molecule has 1 aromatic carbocycles. The summed E-state index contributed by atoms with van der Waals surface area (Å²) in [5.74, 6) is 0.645. The lowest BCUT2D eigenvalue weighted by atomic mass is 9.91. The van der Waals surface area contributed by atoms with Crippen LogP contribution < -0.4 is 5.32 Å². The molecule has 1 aliphatic heterocycles. The highest BCUT2D eigenvalue weighted by atomic mass is 79.9. The van der Waals surface area contributed by atoms with Gasteiger partial charge in [-0.3, -0.25) is 0 Å². The van der Waals surface area contributed by atoms with E-state index >= 15 is 0 Å². The molecular formula is C14H16BrN3. The Morgan fingerprint density at radius 3 is 3.00 bits per heavy atom. The third kappa shape index (κ3) is 2.35. The fraction of sp³-hybridized carbons (Fsp3) is 0.357. The second-order valence-electron chi connectivity index (χ2n) is 4.72. The summed E-state index contributed by atoms with van der Waals surface area (Å²) in [6.45, 7) is 2.25. The Hall–Kier alpha value is -1.13. The van der Waals surface area contributed by atoms with E-state index in [0.717, 1.165) is 23.2 Å². The Kier molecular flexibility index (Phi) is 3.48. The number of aromatic nitrogens is 2. The summed E-state index contributed by atoms with van der Waals surface area (Å²) in [5.41, 5.74) is 2.55. The van der Waals surface area contributed by atoms with Gasteiger partial charge in [-0.1, -0.05) is 6.07 Å². The van der Waals surface area contributed by atoms with Crippen LogP contribution in [0, 0.1) is 0 Å². The molecule has 18 heavy (non-hydrogen) atoms. The summed E-state index contributed by atoms with van der Waals surface area (Å²) in [4.78, 5) is 4.08. The van der Waals surface area contributed by atoms with E-state index in [1.807, 2.05) is 17.1 Å². The fourth-order valence-electron chi connectivity index (χ4n) is 2.52. The first-order chi connectivity index (χ1) is 8.84. The van der Waals surface area contributed by atoms with Crippen molar-refractivity contribution in [3.05, 3.63) is 47.0 Å². The van der Waals surface area contributed by atoms with Crippen molar-refractivity contribution in [2.24, 2.45) is 0 Å². The van der Waals surface area contributed by atoms with Crippen molar-refractivity contribution in [3.8, 4) is 5.69 Å². The molecule has 3 nitrogen and oxygen atoms in total. The fourth-order valence-corrected chi connectivity index (χ4v) is 3.13. The molecule has 0 aliphatic carbocycles. The number of hydrogen-bond acceptors (Lipinski definition) is 2. The molecule has 1 aliphatic rings. The topological polar surface area (TPSA) is 29.9 Å². The highest BCUT2D eigenvalue weighted by Crippen LogP contribution is 2.29. The Morgan fingerprint density at radius 2 is 2.33 bits per heavy atom. The first kappa shape index (κ1) is 11.9. The Bertz CT molecular complexity index is 516. The normalized spacial score (nSPS) is 19.9. The van der Waals surface area contributed by atoms with E-state index in [2.05, 4.69) is 44.4 Å². The van der Waals surface area contributed by atoms with Crippen LogP contribution in [0.1, 0.15) is 24.3 Å². The molecule has 3 rings (SSSR count). The lowest BCUT2D eigenvalue weighted by Crippen LogP contribution is -2.28. The molecule has 0 spiro atoms. The molecular weight excluding hydrogens is 290 g/mol. The number of rotatable bonds is 2. The van der Waals surface area contributed by atoms with E-state index in [-0.39, 0.29) is 0 Å². The lowest BCUT2D eigenvalue weighted by Gasteiger charge is -2.23. The SMILES string of the molecule is Brc1cc(C2CCCNC2)ccc1-n1ccnc1. The van der Waals surface area contributed by atoms with E-state index < -0.39 is 0 Å². The van der Waals surface area contributed by atoms with Gasteiger partial charge >= 0.3 is 0 Å². The standard InChI is InChI=1S/C14H16BrN3/c15-13-8-11(12-2-1-5-16-9-12)3-4-14(13)18-7-6-17-10-18/h3-4,6-8,10,12,16H,1-2,5,9H2. The maximum atomic E-state index is 4.08. The maximum Gasteiger partial charge on any atom is 0.0992 e. The minimum Gasteiger partial charge on any atom is -0.316 e. The minimum atomic E-state index is 0.645. The second kappa shape index (κ2) is 5.24. The Morgan fingerprint density at radius 1 is 1.39 bits per heavy atom. The van der Waals surface area contributed by atoms with Crippen LogP contribution in [0.4, 0.5) is 0 Å². The molecule has 0 saturated carbocycles. The van der Waals surface area contributed by atoms with Gasteiger partial charge in [0, 0.05) is 23.4 Å². The molecule has 1 fully saturated rings. The van der Waals surface area contributed by atoms with E-state index in [9.17, 15) is 0 Å². The van der Waals surface area contributed by atoms with Crippen molar-refractivity contribution in [2.45, 2.75) is 18.8 Å². The average molecular weight is 306 g/mol. The van der Waals surface area contributed by atoms with Crippen LogP contribution in [0.3, 0.4) is 0 Å². The summed E-state index contributed by atoms with van der Waals surface area (Å²) in [6.07, 6.45) is 8.13. The van der Waals surface area contributed by atoms with Crippen LogP contribution >= 0.6 is 15.9 Å². The number of nitrogens with zero attached hydrogens (tertiary/aromatic N) is 2. The molecule has 0 bridgehead atoms. The van der Waals surface area contributed by atoms with Gasteiger partial charge in [-0.2, -0.15) is 0 Å². The first-order valence-electron chi connectivity index (χ1n) is 6.33. The maximum absolute atomic E-state index is 4.08. The zero-order valence-electron chi connectivity index (χ0n) is 10.1. The van der Waals surface area contributed by atoms with E-state index in [0.29, 0.717) is 5.92 Å². The summed E-state index contributed by atoms with van der Waals surface area (Å²) in [6, 6.07) is 6.64. The third-order valence-corrected chi connectivity index (χ3v) is 4.16. The predicted octanol–water partition coefficient (Wildman–Crippen LogP) is 3.10. The predicted molar refractivity (Wildman–Crippen MR) is 76.1 cm³/mol. The van der Waals surface area contributed by atoms with E-state index in [1.54, 1.807) is 6.20 Å². The van der Waals surface area contributed by atoms with Crippen molar-refractivity contribution in [1.82, 2.24) is 14.9 Å². The van der Waals surface area contributed by atoms with Gasteiger partial charge in [0.25, 0.3) is 0 Å². The quantitative estimate of drug-likeness (QED) is 0.924. The van der Waals surface area contributed by atoms with Crippen LogP contribution in [0.25, 0.3) is 5.69 Å². The lowest BCUT2D eigenvalue weighted by molar-refractivity contribution is 0.461. The van der Waals surface area contributed by atoms with Crippen LogP contribution in [-0.2, 0) is 0 Å². The molecule has 1 unspecified atom stereocenters. The van der Waals surface area contributed by atoms with Gasteiger partial charge in [0.05, 0.1) is 12.0 Å². The van der Waals surface area contributed by atoms with Crippen LogP contribution in [0.5, 0.6) is 0 Å². The monoisotopic (exact) mass is 305 g/mol. The second-order valence-corrected chi connectivity index (χ2v) is 5.58. The highest BCUT2D eigenvalue weighted by molar-refractivity contribution is 9.10. The smallest absolute Gasteiger partial charge is 0.0992 e. The van der Waals surface area contributed by atoms with Crippen LogP contribution in [-0.4, -0.2) is 22.6 Å². The molecule has 0 radical (unpaired) electrons. The molecule has 0 amide bonds. The number of imidazole rings is 1. The number of hydrogen-bond donors (Lipinski definition) is 1. The average Bonchev–Trinajstić information content (AvgIpc) is 2.93. The minimum absolute atomic E-state index is 0.645. The van der Waals surface area contributed by atoms with Crippen molar-refractivity contribution < 1.29 is 0 Å². The molecule has 94 valence electrons. The molecule has 2 heterocycles. The van der Waals surface area contributed by atoms with Gasteiger partial charge in [-0.25, -0.2) is 4.98 Å². The summed E-state index contributed by atoms with van der Waals surface area (Å²) in [7, 11) is 0. The Balaban J connectivity index is 1.89. The molecule has 1 saturated heterocycles. The third-order valence-electron chi connectivity index (χ3n) is 3.52. The molecule has 4 heteroatoms. The molecule has 1 atom stereocenters. The number of halogens is 1. The number of nitrogens with one attached hydrogen (secondary N) is 1. The molecule has 1 N–H and O–H groups in total. The first-order valence-corrected chi connectivity index (χ1v) is 7.12. The van der Waals surface area contributed by atoms with Gasteiger partial charge in [0.15, 0.2) is 0 Å². The Labute approximate surface area is 115 Å². The van der Waals surface area contributed by atoms with Gasteiger partial charge in [0.1, 0.15) is 0 Å². The highest BCUT2D eigenvalue weighted by Gasteiger charge is 2.16. The van der Waals surface area contributed by atoms with Crippen LogP contribution in [0.2, 0.25) is 0 Å². The summed E-state index contributed by atoms with van der Waals surface area (Å²) < 4.78 is 3.15. The van der Waals surface area contributed by atoms with Crippen LogP contribution in [0.15, 0.2) is 41.4 Å². The summed E-state index contributed by atoms with van der Waals surface area (Å²) >= 11 is 3.67. The molecule has 1 aromatic heterocycles. The zero-order valence-corrected chi connectivity index (χ0v) is 11.7. The largest absolute Gasteiger partial charge is 0.316 e. The van der Waals surface area contributed by atoms with Gasteiger partial charge in [-0.05, 0) is 58.9 Å². The van der Waals surface area contributed by atoms with E-state index in [1.165, 1.54) is 18.4 Å². The van der Waals surface area contributed by atoms with Gasteiger partial charge in [-0.15, -0.1) is 0 Å². The number of piperidine rings is 1. The number of benzene rings is 1. The van der Waals surface area contributed by atoms with E-state index in [4.69, 9.17) is 0 Å². The van der Waals surface area contributed by atoms with Gasteiger partial charge in [0.2, 0.25) is 0 Å². The van der Waals surface area contributed by atoms with Crippen molar-refractivity contribution in [1.29, 1.82) is 0 Å². The summed E-state index contributed by atoms with van der Waals surface area (Å²) in [5, 5.41) is 3.46. The zero-order chi connectivity index (χ0) is 12.4. The van der Waals surface area contributed by atoms with Crippen molar-refractivity contribution in [3.63, 3.8) is 0 Å².